The van der Waals surface area contributed by atoms with Crippen LogP contribution >= 0.6 is 0 Å². The van der Waals surface area contributed by atoms with Crippen molar-refractivity contribution in [2.24, 2.45) is 0 Å². The maximum Gasteiger partial charge on any atom is 0.0791 e. The van der Waals surface area contributed by atoms with Crippen molar-refractivity contribution in [1.82, 2.24) is 19.7 Å². The second kappa shape index (κ2) is 9.84. The van der Waals surface area contributed by atoms with Crippen molar-refractivity contribution in [3.8, 4) is 0 Å². The van der Waals surface area contributed by atoms with Gasteiger partial charge < -0.3 is 19.9 Å². The van der Waals surface area contributed by atoms with Crippen LogP contribution in [0.5, 0.6) is 0 Å². The molecule has 32 heavy (non-hydrogen) atoms. The third kappa shape index (κ3) is 4.50. The molecule has 1 fully saturated rings. The van der Waals surface area contributed by atoms with Crippen molar-refractivity contribution in [3.05, 3.63) is 35.0 Å². The first-order valence-corrected chi connectivity index (χ1v) is 13.0. The van der Waals surface area contributed by atoms with Crippen LogP contribution in [-0.2, 0) is 13.0 Å². The van der Waals surface area contributed by atoms with Crippen LogP contribution in [-0.4, -0.2) is 72.4 Å². The van der Waals surface area contributed by atoms with E-state index >= 15 is 0 Å². The monoisotopic (exact) mass is 438 g/mol. The van der Waals surface area contributed by atoms with Gasteiger partial charge in [0, 0.05) is 55.9 Å². The second-order valence-corrected chi connectivity index (χ2v) is 10.7. The summed E-state index contributed by atoms with van der Waals surface area (Å²) in [6.07, 6.45) is 10.3. The average molecular weight is 439 g/mol. The average Bonchev–Trinajstić information content (AvgIpc) is 3.13. The molecule has 0 amide bonds. The number of β-amino-alcohol motifs (C(OH)–C–C–N with tert-alkyl or cyclic N) is 1. The van der Waals surface area contributed by atoms with E-state index in [4.69, 9.17) is 0 Å². The van der Waals surface area contributed by atoms with Gasteiger partial charge in [-0.1, -0.05) is 25.3 Å². The topological polar surface area (TPSA) is 43.7 Å². The number of nitrogens with one attached hydrogen (secondary N) is 1. The van der Waals surface area contributed by atoms with Crippen LogP contribution in [0.2, 0.25) is 0 Å². The molecule has 1 aliphatic heterocycles. The number of hydrogen-bond donors (Lipinski definition) is 2. The van der Waals surface area contributed by atoms with E-state index in [0.717, 1.165) is 38.6 Å². The fourth-order valence-corrected chi connectivity index (χ4v) is 6.51. The van der Waals surface area contributed by atoms with Crippen molar-refractivity contribution in [1.29, 1.82) is 0 Å². The van der Waals surface area contributed by atoms with Crippen LogP contribution in [0, 0.1) is 0 Å². The summed E-state index contributed by atoms with van der Waals surface area (Å²) in [6.45, 7) is 5.47. The Bertz CT molecular complexity index is 914. The van der Waals surface area contributed by atoms with Gasteiger partial charge in [0.2, 0.25) is 0 Å². The predicted octanol–water partition coefficient (Wildman–Crippen LogP) is 3.89. The summed E-state index contributed by atoms with van der Waals surface area (Å²) in [6, 6.07) is 7.88. The first-order valence-electron chi connectivity index (χ1n) is 13.0. The van der Waals surface area contributed by atoms with Crippen molar-refractivity contribution in [2.75, 3.05) is 46.8 Å². The van der Waals surface area contributed by atoms with E-state index in [1.165, 1.54) is 62.3 Å². The summed E-state index contributed by atoms with van der Waals surface area (Å²) in [5.74, 6) is 0.767. The van der Waals surface area contributed by atoms with E-state index in [0.29, 0.717) is 12.6 Å². The first kappa shape index (κ1) is 22.4. The maximum absolute atomic E-state index is 10.7. The third-order valence-corrected chi connectivity index (χ3v) is 8.15. The summed E-state index contributed by atoms with van der Waals surface area (Å²) < 4.78 is 2.62. The van der Waals surface area contributed by atoms with Crippen LogP contribution in [0.25, 0.3) is 10.9 Å². The summed E-state index contributed by atoms with van der Waals surface area (Å²) in [7, 11) is 4.17. The summed E-state index contributed by atoms with van der Waals surface area (Å²) >= 11 is 0. The fraction of sp³-hybridized carbons (Fsp3) is 0.704. The highest BCUT2D eigenvalue weighted by Crippen LogP contribution is 2.44. The molecule has 5 rings (SSSR count). The highest BCUT2D eigenvalue weighted by atomic mass is 16.3. The van der Waals surface area contributed by atoms with E-state index in [2.05, 4.69) is 52.0 Å². The molecule has 2 atom stereocenters. The minimum atomic E-state index is -0.309. The zero-order valence-corrected chi connectivity index (χ0v) is 20.2. The summed E-state index contributed by atoms with van der Waals surface area (Å²) in [4.78, 5) is 4.74. The minimum absolute atomic E-state index is 0.309. The summed E-state index contributed by atoms with van der Waals surface area (Å²) in [5, 5.41) is 15.7. The number of benzene rings is 1. The molecule has 176 valence electrons. The van der Waals surface area contributed by atoms with Gasteiger partial charge in [0.05, 0.1) is 12.1 Å². The van der Waals surface area contributed by atoms with Crippen LogP contribution in [0.15, 0.2) is 18.2 Å². The molecule has 0 unspecified atom stereocenters. The number of nitrogens with zero attached hydrogens (tertiary/aromatic N) is 3. The molecule has 0 radical (unpaired) electrons. The standard InChI is InChI=1S/C27H42N4O/c1-29(2)14-13-28-18-22(32)19-30-15-16-31-25-12-11-21(20-7-4-3-5-8-20)17-24(25)23-9-6-10-26(30)27(23)31/h11-12,17,20,22,26,28,32H,3-10,13-16,18-19H2,1-2H3/t22-,26-/m0/s1. The lowest BCUT2D eigenvalue weighted by Crippen LogP contribution is -2.46. The zero-order chi connectivity index (χ0) is 22.1. The Morgan fingerprint density at radius 1 is 1.09 bits per heavy atom. The number of likely N-dealkylation sites (N-methyl/N-ethyl adjacent to an activating group) is 1. The molecular formula is C27H42N4O. The molecule has 0 saturated heterocycles. The van der Waals surface area contributed by atoms with Crippen molar-refractivity contribution >= 4 is 10.9 Å². The SMILES string of the molecule is CN(C)CCNC[C@H](O)CN1CCn2c3c(c4cc(C5CCCCC5)ccc42)CCC[C@@H]31. The Morgan fingerprint density at radius 3 is 2.75 bits per heavy atom. The minimum Gasteiger partial charge on any atom is -0.390 e. The quantitative estimate of drug-likeness (QED) is 0.614. The molecule has 1 aromatic heterocycles. The number of aliphatic hydroxyl groups excluding tert-OH is 1. The van der Waals surface area contributed by atoms with Crippen LogP contribution < -0.4 is 5.32 Å². The number of hydrogen-bond acceptors (Lipinski definition) is 4. The number of rotatable bonds is 8. The molecule has 3 aliphatic rings. The van der Waals surface area contributed by atoms with Gasteiger partial charge in [-0.2, -0.15) is 0 Å². The van der Waals surface area contributed by atoms with Crippen molar-refractivity contribution in [2.45, 2.75) is 76.0 Å². The van der Waals surface area contributed by atoms with Gasteiger partial charge >= 0.3 is 0 Å². The lowest BCUT2D eigenvalue weighted by atomic mass is 9.83. The van der Waals surface area contributed by atoms with E-state index in [9.17, 15) is 5.11 Å². The van der Waals surface area contributed by atoms with E-state index in [1.807, 2.05) is 0 Å². The predicted molar refractivity (Wildman–Crippen MR) is 132 cm³/mol. The largest absolute Gasteiger partial charge is 0.390 e. The van der Waals surface area contributed by atoms with Crippen LogP contribution in [0.4, 0.5) is 0 Å². The molecule has 2 N–H and O–H groups in total. The zero-order valence-electron chi connectivity index (χ0n) is 20.2. The third-order valence-electron chi connectivity index (χ3n) is 8.15. The molecule has 2 aromatic rings. The number of aliphatic hydroxyl groups is 1. The summed E-state index contributed by atoms with van der Waals surface area (Å²) in [5.41, 5.74) is 6.20. The van der Waals surface area contributed by atoms with E-state index in [-0.39, 0.29) is 6.10 Å². The number of fused-ring (bicyclic) bond motifs is 3. The van der Waals surface area contributed by atoms with Gasteiger partial charge in [0.25, 0.3) is 0 Å². The first-order chi connectivity index (χ1) is 15.6. The number of aryl methyl sites for hydroxylation is 1. The molecule has 1 saturated carbocycles. The van der Waals surface area contributed by atoms with E-state index in [1.54, 1.807) is 16.8 Å². The number of aromatic nitrogens is 1. The van der Waals surface area contributed by atoms with Crippen molar-refractivity contribution in [3.63, 3.8) is 0 Å². The molecule has 2 heterocycles. The Morgan fingerprint density at radius 2 is 1.94 bits per heavy atom. The molecular weight excluding hydrogens is 396 g/mol. The Balaban J connectivity index is 1.34. The molecule has 5 nitrogen and oxygen atoms in total. The molecule has 2 aliphatic carbocycles. The Kier molecular flexibility index (Phi) is 6.89. The molecule has 1 aromatic carbocycles. The Labute approximate surface area is 193 Å². The Hall–Kier alpha value is -1.40. The highest BCUT2D eigenvalue weighted by molar-refractivity contribution is 5.87. The van der Waals surface area contributed by atoms with Gasteiger partial charge in [-0.15, -0.1) is 0 Å². The van der Waals surface area contributed by atoms with Gasteiger partial charge in [0.1, 0.15) is 0 Å². The van der Waals surface area contributed by atoms with Gasteiger partial charge in [-0.3, -0.25) is 4.90 Å². The van der Waals surface area contributed by atoms with Gasteiger partial charge in [-0.05, 0) is 75.4 Å². The highest BCUT2D eigenvalue weighted by Gasteiger charge is 2.35. The van der Waals surface area contributed by atoms with E-state index < -0.39 is 0 Å². The van der Waals surface area contributed by atoms with Gasteiger partial charge in [0.15, 0.2) is 0 Å². The maximum atomic E-state index is 10.7. The lowest BCUT2D eigenvalue weighted by Gasteiger charge is -2.40. The molecule has 0 spiro atoms. The second-order valence-electron chi connectivity index (χ2n) is 10.7. The van der Waals surface area contributed by atoms with Crippen molar-refractivity contribution < 1.29 is 5.11 Å². The van der Waals surface area contributed by atoms with Crippen LogP contribution in [0.1, 0.15) is 73.7 Å². The van der Waals surface area contributed by atoms with Gasteiger partial charge in [-0.25, -0.2) is 0 Å². The normalized spacial score (nSPS) is 23.1. The molecule has 5 heteroatoms. The molecule has 0 bridgehead atoms. The smallest absolute Gasteiger partial charge is 0.0791 e. The van der Waals surface area contributed by atoms with Crippen LogP contribution in [0.3, 0.4) is 0 Å². The fourth-order valence-electron chi connectivity index (χ4n) is 6.51. The lowest BCUT2D eigenvalue weighted by molar-refractivity contribution is 0.0640.